The van der Waals surface area contributed by atoms with Gasteiger partial charge in [0.2, 0.25) is 0 Å². The summed E-state index contributed by atoms with van der Waals surface area (Å²) < 4.78 is 4.91. The molecule has 4 heteroatoms. The zero-order valence-electron chi connectivity index (χ0n) is 26.5. The third-order valence-electron chi connectivity index (χ3n) is 7.95. The molecule has 0 aromatic carbocycles. The van der Waals surface area contributed by atoms with Crippen LogP contribution in [0.4, 0.5) is 0 Å². The molecule has 0 bridgehead atoms. The summed E-state index contributed by atoms with van der Waals surface area (Å²) in [5.41, 5.74) is 0. The van der Waals surface area contributed by atoms with Crippen molar-refractivity contribution in [2.75, 3.05) is 6.61 Å². The molecule has 40 heavy (non-hydrogen) atoms. The molecule has 0 radical (unpaired) electrons. The summed E-state index contributed by atoms with van der Waals surface area (Å²) in [6.45, 7) is 5.84. The van der Waals surface area contributed by atoms with Crippen LogP contribution in [0.1, 0.15) is 180 Å². The van der Waals surface area contributed by atoms with Gasteiger partial charge in [0.15, 0.2) is 0 Å². The summed E-state index contributed by atoms with van der Waals surface area (Å²) in [6, 6.07) is 0. The van der Waals surface area contributed by atoms with Crippen LogP contribution in [0.15, 0.2) is 24.8 Å². The average molecular weight is 563 g/mol. The van der Waals surface area contributed by atoms with E-state index in [9.17, 15) is 14.7 Å². The van der Waals surface area contributed by atoms with Crippen molar-refractivity contribution in [2.24, 2.45) is 5.92 Å². The second kappa shape index (κ2) is 31.9. The fourth-order valence-electron chi connectivity index (χ4n) is 5.37. The Morgan fingerprint density at radius 3 is 1.35 bits per heavy atom. The Labute approximate surface area is 248 Å². The predicted octanol–water partition coefficient (Wildman–Crippen LogP) is 11.5. The van der Waals surface area contributed by atoms with Gasteiger partial charge in [0, 0.05) is 0 Å². The van der Waals surface area contributed by atoms with Crippen molar-refractivity contribution in [3.63, 3.8) is 0 Å². The number of carboxylic acid groups (broad SMARTS) is 1. The molecular weight excluding hydrogens is 496 g/mol. The van der Waals surface area contributed by atoms with Gasteiger partial charge in [0.25, 0.3) is 0 Å². The fraction of sp³-hybridized carbons (Fsp3) is 0.833. The molecule has 0 fully saturated rings. The number of unbranched alkanes of at least 4 members (excludes halogenated alkanes) is 23. The highest BCUT2D eigenvalue weighted by atomic mass is 16.5. The molecule has 0 aliphatic heterocycles. The smallest absolute Gasteiger partial charge is 0.307 e. The van der Waals surface area contributed by atoms with Gasteiger partial charge < -0.3 is 9.84 Å². The lowest BCUT2D eigenvalue weighted by molar-refractivity contribution is -0.151. The first-order valence-electron chi connectivity index (χ1n) is 17.3. The van der Waals surface area contributed by atoms with Gasteiger partial charge in [0.1, 0.15) is 6.61 Å². The maximum atomic E-state index is 11.6. The normalized spacial score (nSPS) is 12.1. The molecular formula is C36H66O4. The quantitative estimate of drug-likeness (QED) is 0.0503. The van der Waals surface area contributed by atoms with E-state index in [2.05, 4.69) is 25.7 Å². The summed E-state index contributed by atoms with van der Waals surface area (Å²) in [4.78, 5) is 23.0. The van der Waals surface area contributed by atoms with Crippen LogP contribution in [-0.2, 0) is 14.3 Å². The van der Waals surface area contributed by atoms with E-state index in [0.717, 1.165) is 19.3 Å². The molecule has 1 atom stereocenters. The number of esters is 1. The summed E-state index contributed by atoms with van der Waals surface area (Å²) in [5, 5.41) is 9.32. The SMILES string of the molecule is C=CCOC(=O)CC(CCCCCCCCCCCCCCCCCCCCCCCCC/C=C/CC)C(=O)O. The maximum absolute atomic E-state index is 11.6. The van der Waals surface area contributed by atoms with Gasteiger partial charge in [-0.15, -0.1) is 0 Å². The third-order valence-corrected chi connectivity index (χ3v) is 7.95. The van der Waals surface area contributed by atoms with Crippen LogP contribution in [-0.4, -0.2) is 23.7 Å². The van der Waals surface area contributed by atoms with E-state index in [4.69, 9.17) is 4.74 Å². The summed E-state index contributed by atoms with van der Waals surface area (Å²) in [7, 11) is 0. The molecule has 0 aliphatic rings. The number of allylic oxidation sites excluding steroid dienone is 2. The Kier molecular flexibility index (Phi) is 30.7. The zero-order chi connectivity index (χ0) is 29.4. The monoisotopic (exact) mass is 562 g/mol. The molecule has 0 aliphatic carbocycles. The highest BCUT2D eigenvalue weighted by molar-refractivity contribution is 5.78. The minimum Gasteiger partial charge on any atom is -0.481 e. The minimum absolute atomic E-state index is 0.0403. The molecule has 0 spiro atoms. The van der Waals surface area contributed by atoms with Crippen LogP contribution in [0.2, 0.25) is 0 Å². The number of hydrogen-bond acceptors (Lipinski definition) is 3. The van der Waals surface area contributed by atoms with Gasteiger partial charge in [-0.3, -0.25) is 9.59 Å². The van der Waals surface area contributed by atoms with Gasteiger partial charge in [0.05, 0.1) is 12.3 Å². The first-order chi connectivity index (χ1) is 19.6. The standard InChI is InChI=1S/C36H66O4/c1-3-5-6-7-8-9-10-11-12-13-14-15-16-17-18-19-20-21-22-23-24-25-26-27-28-29-30-31-34(36(38)39)33-35(37)40-32-4-2/h4-6,34H,2-3,7-33H2,1H3,(H,38,39)/b6-5+. The van der Waals surface area contributed by atoms with Crippen molar-refractivity contribution < 1.29 is 19.4 Å². The first-order valence-corrected chi connectivity index (χ1v) is 17.3. The summed E-state index contributed by atoms with van der Waals surface area (Å²) in [6.07, 6.45) is 40.1. The average Bonchev–Trinajstić information content (AvgIpc) is 2.94. The summed E-state index contributed by atoms with van der Waals surface area (Å²) in [5.74, 6) is -1.98. The van der Waals surface area contributed by atoms with Crippen LogP contribution in [0.5, 0.6) is 0 Å². The Morgan fingerprint density at radius 2 is 1.00 bits per heavy atom. The van der Waals surface area contributed by atoms with E-state index in [0.29, 0.717) is 6.42 Å². The van der Waals surface area contributed by atoms with Gasteiger partial charge in [-0.2, -0.15) is 0 Å². The first kappa shape index (κ1) is 38.4. The second-order valence-corrected chi connectivity index (χ2v) is 11.8. The van der Waals surface area contributed by atoms with E-state index in [-0.39, 0.29) is 13.0 Å². The molecule has 0 aromatic rings. The number of aliphatic carboxylic acids is 1. The van der Waals surface area contributed by atoms with Crippen molar-refractivity contribution in [2.45, 2.75) is 180 Å². The highest BCUT2D eigenvalue weighted by Gasteiger charge is 2.21. The Balaban J connectivity index is 3.27. The van der Waals surface area contributed by atoms with Crippen molar-refractivity contribution in [3.05, 3.63) is 24.8 Å². The number of carbonyl (C=O) groups is 2. The zero-order valence-corrected chi connectivity index (χ0v) is 26.5. The highest BCUT2D eigenvalue weighted by Crippen LogP contribution is 2.18. The third kappa shape index (κ3) is 29.4. The van der Waals surface area contributed by atoms with Crippen LogP contribution in [0, 0.1) is 5.92 Å². The number of carbonyl (C=O) groups excluding carboxylic acids is 1. The van der Waals surface area contributed by atoms with E-state index in [1.165, 1.54) is 147 Å². The minimum atomic E-state index is -0.899. The van der Waals surface area contributed by atoms with E-state index < -0.39 is 17.9 Å². The molecule has 0 rings (SSSR count). The molecule has 0 saturated heterocycles. The Hall–Kier alpha value is -1.58. The number of carboxylic acids is 1. The van der Waals surface area contributed by atoms with Gasteiger partial charge >= 0.3 is 11.9 Å². The van der Waals surface area contributed by atoms with E-state index in [1.807, 2.05) is 0 Å². The number of hydrogen-bond donors (Lipinski definition) is 1. The maximum Gasteiger partial charge on any atom is 0.307 e. The molecule has 0 saturated carbocycles. The van der Waals surface area contributed by atoms with Crippen molar-refractivity contribution in [3.8, 4) is 0 Å². The molecule has 0 amide bonds. The van der Waals surface area contributed by atoms with E-state index >= 15 is 0 Å². The lowest BCUT2D eigenvalue weighted by Crippen LogP contribution is -2.19. The topological polar surface area (TPSA) is 63.6 Å². The molecule has 4 nitrogen and oxygen atoms in total. The van der Waals surface area contributed by atoms with Crippen LogP contribution < -0.4 is 0 Å². The fourth-order valence-corrected chi connectivity index (χ4v) is 5.37. The predicted molar refractivity (Wildman–Crippen MR) is 172 cm³/mol. The molecule has 1 N–H and O–H groups in total. The van der Waals surface area contributed by atoms with E-state index in [1.54, 1.807) is 0 Å². The molecule has 234 valence electrons. The Bertz CT molecular complexity index is 598. The van der Waals surface area contributed by atoms with Crippen molar-refractivity contribution >= 4 is 11.9 Å². The van der Waals surface area contributed by atoms with Gasteiger partial charge in [-0.1, -0.05) is 173 Å². The van der Waals surface area contributed by atoms with Crippen LogP contribution >= 0.6 is 0 Å². The largest absolute Gasteiger partial charge is 0.481 e. The van der Waals surface area contributed by atoms with Gasteiger partial charge in [-0.05, 0) is 25.7 Å². The van der Waals surface area contributed by atoms with Crippen molar-refractivity contribution in [1.29, 1.82) is 0 Å². The Morgan fingerprint density at radius 1 is 0.625 bits per heavy atom. The van der Waals surface area contributed by atoms with Crippen molar-refractivity contribution in [1.82, 2.24) is 0 Å². The number of ether oxygens (including phenoxy) is 1. The van der Waals surface area contributed by atoms with Gasteiger partial charge in [-0.25, -0.2) is 0 Å². The lowest BCUT2D eigenvalue weighted by Gasteiger charge is -2.11. The molecule has 0 heterocycles. The van der Waals surface area contributed by atoms with Crippen LogP contribution in [0.3, 0.4) is 0 Å². The molecule has 0 aromatic heterocycles. The lowest BCUT2D eigenvalue weighted by atomic mass is 9.97. The number of rotatable bonds is 32. The second-order valence-electron chi connectivity index (χ2n) is 11.8. The summed E-state index contributed by atoms with van der Waals surface area (Å²) >= 11 is 0. The van der Waals surface area contributed by atoms with Crippen LogP contribution in [0.25, 0.3) is 0 Å². The molecule has 1 unspecified atom stereocenters.